The minimum atomic E-state index is 0.221. The maximum absolute atomic E-state index is 5.61. The number of hydrogen-bond acceptors (Lipinski definition) is 2. The number of rotatable bonds is 7. The van der Waals surface area contributed by atoms with Crippen LogP contribution in [-0.4, -0.2) is 36.5 Å². The van der Waals surface area contributed by atoms with Crippen LogP contribution in [0.5, 0.6) is 0 Å². The van der Waals surface area contributed by atoms with Crippen LogP contribution in [0.15, 0.2) is 60.7 Å². The predicted molar refractivity (Wildman–Crippen MR) is 94.8 cm³/mol. The lowest BCUT2D eigenvalue weighted by Crippen LogP contribution is -2.63. The smallest absolute Gasteiger partial charge is 0.0721 e. The average molecular weight is 313 g/mol. The molecule has 1 aliphatic heterocycles. The van der Waals surface area contributed by atoms with Crippen LogP contribution in [-0.2, 0) is 17.8 Å². The minimum absolute atomic E-state index is 0.221. The van der Waals surface area contributed by atoms with Crippen LogP contribution in [0, 0.1) is 0 Å². The molecule has 1 aliphatic rings. The van der Waals surface area contributed by atoms with E-state index in [0.717, 1.165) is 34.9 Å². The quantitative estimate of drug-likeness (QED) is 0.722. The normalized spacial score (nSPS) is 17.0. The van der Waals surface area contributed by atoms with Crippen molar-refractivity contribution in [3.8, 4) is 0 Å². The van der Waals surface area contributed by atoms with E-state index in [9.17, 15) is 0 Å². The van der Waals surface area contributed by atoms with Crippen molar-refractivity contribution in [1.82, 2.24) is 4.90 Å². The molecule has 1 unspecified atom stereocenters. The van der Waals surface area contributed by atoms with E-state index in [1.54, 1.807) is 0 Å². The van der Waals surface area contributed by atoms with Gasteiger partial charge in [-0.3, -0.25) is 4.90 Å². The Hall–Kier alpha value is -1.21. The molecule has 0 amide bonds. The Bertz CT molecular complexity index is 527. The average Bonchev–Trinajstić information content (AvgIpc) is 2.52. The summed E-state index contributed by atoms with van der Waals surface area (Å²) in [4.78, 5) is 2.62. The summed E-state index contributed by atoms with van der Waals surface area (Å²) in [6, 6.07) is 21.6. The first kappa shape index (κ1) is 15.7. The molecular weight excluding hydrogens is 289 g/mol. The largest absolute Gasteiger partial charge is 0.377 e. The van der Waals surface area contributed by atoms with Gasteiger partial charge in [-0.05, 0) is 24.0 Å². The number of hydrogen-bond donors (Lipinski definition) is 0. The maximum Gasteiger partial charge on any atom is 0.0721 e. The van der Waals surface area contributed by atoms with Crippen molar-refractivity contribution in [1.29, 1.82) is 0 Å². The molecule has 22 heavy (non-hydrogen) atoms. The summed E-state index contributed by atoms with van der Waals surface area (Å²) >= 11 is 0. The molecule has 1 fully saturated rings. The molecule has 0 bridgehead atoms. The monoisotopic (exact) mass is 313 g/mol. The molecule has 2 aromatic carbocycles. The SMILES string of the molecule is CPCC1(N(Cc2ccccc2)Cc2ccccc2)COC1. The molecule has 0 N–H and O–H groups in total. The molecule has 116 valence electrons. The fraction of sp³-hybridized carbons (Fsp3) is 0.368. The highest BCUT2D eigenvalue weighted by Crippen LogP contribution is 2.33. The van der Waals surface area contributed by atoms with E-state index in [2.05, 4.69) is 72.2 Å². The fourth-order valence-corrected chi connectivity index (χ4v) is 4.15. The second-order valence-electron chi connectivity index (χ2n) is 6.07. The van der Waals surface area contributed by atoms with Gasteiger partial charge in [0.2, 0.25) is 0 Å². The Morgan fingerprint density at radius 2 is 1.41 bits per heavy atom. The molecule has 0 aliphatic carbocycles. The van der Waals surface area contributed by atoms with E-state index >= 15 is 0 Å². The van der Waals surface area contributed by atoms with Crippen molar-refractivity contribution in [3.63, 3.8) is 0 Å². The molecule has 0 aromatic heterocycles. The Morgan fingerprint density at radius 3 is 1.77 bits per heavy atom. The number of ether oxygens (including phenoxy) is 1. The van der Waals surface area contributed by atoms with Gasteiger partial charge in [-0.15, -0.1) is 8.58 Å². The van der Waals surface area contributed by atoms with E-state index in [0.29, 0.717) is 0 Å². The van der Waals surface area contributed by atoms with Crippen LogP contribution in [0.4, 0.5) is 0 Å². The van der Waals surface area contributed by atoms with Crippen LogP contribution in [0.1, 0.15) is 11.1 Å². The molecule has 1 saturated heterocycles. The Morgan fingerprint density at radius 1 is 0.909 bits per heavy atom. The molecule has 3 heteroatoms. The summed E-state index contributed by atoms with van der Waals surface area (Å²) in [5.74, 6) is 0. The molecule has 0 spiro atoms. The van der Waals surface area contributed by atoms with Gasteiger partial charge >= 0.3 is 0 Å². The van der Waals surface area contributed by atoms with Crippen LogP contribution in [0.3, 0.4) is 0 Å². The lowest BCUT2D eigenvalue weighted by Gasteiger charge is -2.50. The van der Waals surface area contributed by atoms with Crippen molar-refractivity contribution in [2.75, 3.05) is 26.0 Å². The molecule has 2 nitrogen and oxygen atoms in total. The van der Waals surface area contributed by atoms with Crippen molar-refractivity contribution in [3.05, 3.63) is 71.8 Å². The first-order chi connectivity index (χ1) is 10.8. The molecule has 1 heterocycles. The molecule has 0 radical (unpaired) electrons. The van der Waals surface area contributed by atoms with Crippen molar-refractivity contribution < 1.29 is 4.74 Å². The van der Waals surface area contributed by atoms with Gasteiger partial charge in [0.25, 0.3) is 0 Å². The zero-order valence-corrected chi connectivity index (χ0v) is 14.2. The van der Waals surface area contributed by atoms with E-state index in [1.165, 1.54) is 17.3 Å². The van der Waals surface area contributed by atoms with E-state index in [1.807, 2.05) is 0 Å². The highest BCUT2D eigenvalue weighted by molar-refractivity contribution is 7.37. The topological polar surface area (TPSA) is 12.5 Å². The Labute approximate surface area is 135 Å². The van der Waals surface area contributed by atoms with Crippen LogP contribution in [0.2, 0.25) is 0 Å². The van der Waals surface area contributed by atoms with Gasteiger partial charge in [0.05, 0.1) is 18.8 Å². The van der Waals surface area contributed by atoms with Crippen LogP contribution in [0.25, 0.3) is 0 Å². The molecule has 0 saturated carbocycles. The zero-order chi connectivity index (χ0) is 15.3. The second kappa shape index (κ2) is 7.37. The van der Waals surface area contributed by atoms with Crippen molar-refractivity contribution >= 4 is 8.58 Å². The molecule has 3 rings (SSSR count). The van der Waals surface area contributed by atoms with Gasteiger partial charge in [0, 0.05) is 13.1 Å². The van der Waals surface area contributed by atoms with Crippen LogP contribution >= 0.6 is 8.58 Å². The third-order valence-corrected chi connectivity index (χ3v) is 5.36. The predicted octanol–water partition coefficient (Wildman–Crippen LogP) is 3.77. The van der Waals surface area contributed by atoms with E-state index < -0.39 is 0 Å². The number of benzene rings is 2. The molecule has 2 aromatic rings. The first-order valence-electron chi connectivity index (χ1n) is 7.88. The standard InChI is InChI=1S/C19H24NOP/c1-22-16-19(14-21-15-19)20(12-17-8-4-2-5-9-17)13-18-10-6-3-7-11-18/h2-11,22H,12-16H2,1H3. The lowest BCUT2D eigenvalue weighted by molar-refractivity contribution is -0.134. The molecule has 1 atom stereocenters. The summed E-state index contributed by atoms with van der Waals surface area (Å²) in [5.41, 5.74) is 2.98. The maximum atomic E-state index is 5.61. The molecular formula is C19H24NOP. The van der Waals surface area contributed by atoms with Crippen molar-refractivity contribution in [2.24, 2.45) is 0 Å². The van der Waals surface area contributed by atoms with E-state index in [4.69, 9.17) is 4.74 Å². The summed E-state index contributed by atoms with van der Waals surface area (Å²) in [6.07, 6.45) is 1.23. The first-order valence-corrected chi connectivity index (χ1v) is 9.58. The minimum Gasteiger partial charge on any atom is -0.377 e. The second-order valence-corrected chi connectivity index (χ2v) is 7.14. The summed E-state index contributed by atoms with van der Waals surface area (Å²) in [5, 5.41) is 0. The van der Waals surface area contributed by atoms with Gasteiger partial charge in [0.15, 0.2) is 0 Å². The lowest BCUT2D eigenvalue weighted by atomic mass is 9.95. The highest BCUT2D eigenvalue weighted by atomic mass is 31.1. The van der Waals surface area contributed by atoms with Gasteiger partial charge in [-0.2, -0.15) is 0 Å². The summed E-state index contributed by atoms with van der Waals surface area (Å²) < 4.78 is 5.61. The third kappa shape index (κ3) is 3.57. The van der Waals surface area contributed by atoms with Gasteiger partial charge in [-0.25, -0.2) is 0 Å². The number of nitrogens with zero attached hydrogens (tertiary/aromatic N) is 1. The van der Waals surface area contributed by atoms with Gasteiger partial charge < -0.3 is 4.74 Å². The van der Waals surface area contributed by atoms with Gasteiger partial charge in [0.1, 0.15) is 0 Å². The zero-order valence-electron chi connectivity index (χ0n) is 13.2. The summed E-state index contributed by atoms with van der Waals surface area (Å²) in [6.45, 7) is 6.01. The van der Waals surface area contributed by atoms with Crippen LogP contribution < -0.4 is 0 Å². The van der Waals surface area contributed by atoms with E-state index in [-0.39, 0.29) is 5.54 Å². The Kier molecular flexibility index (Phi) is 5.25. The van der Waals surface area contributed by atoms with Crippen molar-refractivity contribution in [2.45, 2.75) is 18.6 Å². The third-order valence-electron chi connectivity index (χ3n) is 4.35. The highest BCUT2D eigenvalue weighted by Gasteiger charge is 2.43. The van der Waals surface area contributed by atoms with Gasteiger partial charge in [-0.1, -0.05) is 60.7 Å². The Balaban J connectivity index is 1.81. The fourth-order valence-electron chi connectivity index (χ4n) is 3.06. The summed E-state index contributed by atoms with van der Waals surface area (Å²) in [7, 11) is 0.960.